The number of aliphatic hydroxyl groups is 1. The van der Waals surface area contributed by atoms with Crippen molar-refractivity contribution in [2.24, 2.45) is 0 Å². The molecule has 3 rings (SSSR count). The third kappa shape index (κ3) is 4.89. The number of hydrogen-bond acceptors (Lipinski definition) is 6. The quantitative estimate of drug-likeness (QED) is 0.489. The van der Waals surface area contributed by atoms with Crippen LogP contribution in [0.2, 0.25) is 5.02 Å². The zero-order chi connectivity index (χ0) is 22.5. The third-order valence-electron chi connectivity index (χ3n) is 4.66. The van der Waals surface area contributed by atoms with Gasteiger partial charge in [0.15, 0.2) is 0 Å². The fourth-order valence-corrected chi connectivity index (χ4v) is 3.18. The summed E-state index contributed by atoms with van der Waals surface area (Å²) in [4.78, 5) is 12.9. The second-order valence-electron chi connectivity index (χ2n) is 6.84. The monoisotopic (exact) mass is 444 g/mol. The molecule has 2 heterocycles. The van der Waals surface area contributed by atoms with E-state index in [0.717, 1.165) is 0 Å². The van der Waals surface area contributed by atoms with E-state index in [1.165, 1.54) is 10.9 Å². The van der Waals surface area contributed by atoms with Crippen molar-refractivity contribution in [1.82, 2.24) is 19.6 Å². The largest absolute Gasteiger partial charge is 0.496 e. The van der Waals surface area contributed by atoms with E-state index in [2.05, 4.69) is 15.5 Å². The molecule has 2 aromatic heterocycles. The molecular formula is C21H25ClN6O3. The van der Waals surface area contributed by atoms with Crippen molar-refractivity contribution in [2.75, 3.05) is 18.2 Å². The van der Waals surface area contributed by atoms with Crippen LogP contribution in [0.1, 0.15) is 30.6 Å². The van der Waals surface area contributed by atoms with Crippen LogP contribution in [0.5, 0.6) is 5.75 Å². The van der Waals surface area contributed by atoms with Gasteiger partial charge in [0.1, 0.15) is 22.8 Å². The number of nitrogens with zero attached hydrogens (tertiary/aromatic N) is 4. The number of allylic oxidation sites excluding steroid dienone is 1. The molecule has 164 valence electrons. The van der Waals surface area contributed by atoms with Gasteiger partial charge in [0.05, 0.1) is 31.6 Å². The zero-order valence-corrected chi connectivity index (χ0v) is 18.3. The maximum atomic E-state index is 12.9. The summed E-state index contributed by atoms with van der Waals surface area (Å²) in [6, 6.07) is 5.13. The molecule has 0 bridgehead atoms. The van der Waals surface area contributed by atoms with Crippen molar-refractivity contribution in [2.45, 2.75) is 32.9 Å². The molecule has 4 N–H and O–H groups in total. The molecule has 1 aromatic carbocycles. The van der Waals surface area contributed by atoms with Gasteiger partial charge in [0.25, 0.3) is 5.91 Å². The molecule has 0 radical (unpaired) electrons. The molecule has 0 aliphatic carbocycles. The molecule has 1 unspecified atom stereocenters. The fourth-order valence-electron chi connectivity index (χ4n) is 3.01. The van der Waals surface area contributed by atoms with E-state index in [1.54, 1.807) is 48.5 Å². The first-order valence-corrected chi connectivity index (χ1v) is 10.1. The Kier molecular flexibility index (Phi) is 6.98. The molecule has 0 aliphatic heterocycles. The van der Waals surface area contributed by atoms with Gasteiger partial charge in [-0.15, -0.1) is 0 Å². The van der Waals surface area contributed by atoms with Crippen LogP contribution in [0.3, 0.4) is 0 Å². The second kappa shape index (κ2) is 9.67. The molecule has 9 nitrogen and oxygen atoms in total. The topological polar surface area (TPSA) is 120 Å². The van der Waals surface area contributed by atoms with E-state index >= 15 is 0 Å². The minimum Gasteiger partial charge on any atom is -0.496 e. The van der Waals surface area contributed by atoms with Crippen LogP contribution in [-0.4, -0.2) is 43.8 Å². The van der Waals surface area contributed by atoms with Gasteiger partial charge in [-0.2, -0.15) is 10.2 Å². The summed E-state index contributed by atoms with van der Waals surface area (Å²) in [6.45, 7) is 3.97. The van der Waals surface area contributed by atoms with Crippen molar-refractivity contribution in [3.63, 3.8) is 0 Å². The zero-order valence-electron chi connectivity index (χ0n) is 17.5. The number of amides is 1. The van der Waals surface area contributed by atoms with Crippen LogP contribution < -0.4 is 15.8 Å². The van der Waals surface area contributed by atoms with Gasteiger partial charge in [-0.3, -0.25) is 9.48 Å². The molecular weight excluding hydrogens is 420 g/mol. The second-order valence-corrected chi connectivity index (χ2v) is 7.28. The van der Waals surface area contributed by atoms with E-state index in [1.807, 2.05) is 13.8 Å². The number of nitrogen functional groups attached to an aromatic ring is 1. The third-order valence-corrected chi connectivity index (χ3v) is 4.90. The number of benzene rings is 1. The number of carbonyl (C=O) groups is 1. The van der Waals surface area contributed by atoms with Crippen LogP contribution >= 0.6 is 11.6 Å². The predicted molar refractivity (Wildman–Crippen MR) is 121 cm³/mol. The summed E-state index contributed by atoms with van der Waals surface area (Å²) >= 11 is 6.19. The SMILES string of the molecule is C/C=C\n1ncc(C(=O)Nc2cn(CC(O)CC)nc2-c2cc(Cl)ccc2OC)c1N. The van der Waals surface area contributed by atoms with E-state index in [9.17, 15) is 9.90 Å². The maximum absolute atomic E-state index is 12.9. The number of halogens is 1. The number of anilines is 2. The Morgan fingerprint density at radius 2 is 2.23 bits per heavy atom. The molecule has 3 aromatic rings. The van der Waals surface area contributed by atoms with Crippen LogP contribution in [0.25, 0.3) is 17.5 Å². The normalized spacial score (nSPS) is 12.3. The minimum atomic E-state index is -0.577. The highest BCUT2D eigenvalue weighted by Crippen LogP contribution is 2.36. The summed E-state index contributed by atoms with van der Waals surface area (Å²) in [7, 11) is 1.54. The van der Waals surface area contributed by atoms with Gasteiger partial charge in [-0.05, 0) is 31.5 Å². The Labute approximate surface area is 185 Å². The molecule has 1 atom stereocenters. The summed E-state index contributed by atoms with van der Waals surface area (Å²) in [5, 5.41) is 22.0. The molecule has 10 heteroatoms. The summed E-state index contributed by atoms with van der Waals surface area (Å²) in [6.07, 6.45) is 6.45. The lowest BCUT2D eigenvalue weighted by Crippen LogP contribution is -2.15. The van der Waals surface area contributed by atoms with Crippen LogP contribution in [0.15, 0.2) is 36.7 Å². The lowest BCUT2D eigenvalue weighted by Gasteiger charge is -2.10. The molecule has 0 aliphatic rings. The van der Waals surface area contributed by atoms with Crippen molar-refractivity contribution < 1.29 is 14.6 Å². The van der Waals surface area contributed by atoms with E-state index in [0.29, 0.717) is 34.1 Å². The van der Waals surface area contributed by atoms with Crippen molar-refractivity contribution in [1.29, 1.82) is 0 Å². The number of nitrogens with one attached hydrogen (secondary N) is 1. The van der Waals surface area contributed by atoms with Gasteiger partial charge < -0.3 is 20.9 Å². The maximum Gasteiger partial charge on any atom is 0.261 e. The predicted octanol–water partition coefficient (Wildman–Crippen LogP) is 3.50. The first-order chi connectivity index (χ1) is 14.9. The average Bonchev–Trinajstić information content (AvgIpc) is 3.31. The van der Waals surface area contributed by atoms with Gasteiger partial charge >= 0.3 is 0 Å². The van der Waals surface area contributed by atoms with Gasteiger partial charge in [0, 0.05) is 23.0 Å². The van der Waals surface area contributed by atoms with Crippen molar-refractivity contribution in [3.8, 4) is 17.0 Å². The number of hydrogen-bond donors (Lipinski definition) is 3. The van der Waals surface area contributed by atoms with Crippen LogP contribution in [0.4, 0.5) is 11.5 Å². The Bertz CT molecular complexity index is 1100. The summed E-state index contributed by atoms with van der Waals surface area (Å²) in [5.41, 5.74) is 7.75. The van der Waals surface area contributed by atoms with Crippen LogP contribution in [0, 0.1) is 0 Å². The molecule has 0 spiro atoms. The highest BCUT2D eigenvalue weighted by Gasteiger charge is 2.21. The molecule has 0 saturated carbocycles. The number of rotatable bonds is 8. The number of aliphatic hydroxyl groups excluding tert-OH is 1. The Hall–Kier alpha value is -3.30. The first-order valence-electron chi connectivity index (χ1n) is 9.74. The smallest absolute Gasteiger partial charge is 0.261 e. The lowest BCUT2D eigenvalue weighted by atomic mass is 10.1. The summed E-state index contributed by atoms with van der Waals surface area (Å²) in [5.74, 6) is 0.318. The van der Waals surface area contributed by atoms with Gasteiger partial charge in [-0.1, -0.05) is 24.6 Å². The highest BCUT2D eigenvalue weighted by atomic mass is 35.5. The Morgan fingerprint density at radius 1 is 1.45 bits per heavy atom. The van der Waals surface area contributed by atoms with E-state index in [-0.39, 0.29) is 17.9 Å². The van der Waals surface area contributed by atoms with Gasteiger partial charge in [0.2, 0.25) is 0 Å². The van der Waals surface area contributed by atoms with Crippen molar-refractivity contribution >= 4 is 35.2 Å². The number of nitrogens with two attached hydrogens (primary N) is 1. The number of methoxy groups -OCH3 is 1. The van der Waals surface area contributed by atoms with Crippen molar-refractivity contribution in [3.05, 3.63) is 47.3 Å². The molecule has 0 fully saturated rings. The number of ether oxygens (including phenoxy) is 1. The minimum absolute atomic E-state index is 0.214. The highest BCUT2D eigenvalue weighted by molar-refractivity contribution is 6.31. The summed E-state index contributed by atoms with van der Waals surface area (Å²) < 4.78 is 8.44. The molecule has 31 heavy (non-hydrogen) atoms. The number of aromatic nitrogens is 4. The Balaban J connectivity index is 2.02. The van der Waals surface area contributed by atoms with Gasteiger partial charge in [-0.25, -0.2) is 4.68 Å². The molecule has 0 saturated heterocycles. The van der Waals surface area contributed by atoms with E-state index in [4.69, 9.17) is 22.1 Å². The fraction of sp³-hybridized carbons (Fsp3) is 0.286. The lowest BCUT2D eigenvalue weighted by molar-refractivity contribution is 0.102. The Morgan fingerprint density at radius 3 is 2.90 bits per heavy atom. The van der Waals surface area contributed by atoms with E-state index < -0.39 is 12.0 Å². The number of carbonyl (C=O) groups excluding carboxylic acids is 1. The standard InChI is InChI=1S/C21H25ClN6O3/c1-4-8-28-20(23)16(10-24-28)21(30)25-17-12-27(11-14(29)5-2)26-19(17)15-9-13(22)6-7-18(15)31-3/h4,6-10,12,14,29H,5,11,23H2,1-3H3,(H,25,30)/b8-4-. The average molecular weight is 445 g/mol. The van der Waals surface area contributed by atoms with Crippen LogP contribution in [-0.2, 0) is 6.54 Å². The molecule has 1 amide bonds. The first kappa shape index (κ1) is 22.4.